The molecule has 110 valence electrons. The number of anilines is 1. The molecular formula is C14H15ClN4O2. The Bertz CT molecular complexity index is 659. The highest BCUT2D eigenvalue weighted by atomic mass is 35.5. The predicted molar refractivity (Wildman–Crippen MR) is 78.6 cm³/mol. The van der Waals surface area contributed by atoms with Gasteiger partial charge in [0, 0.05) is 5.02 Å². The third-order valence-electron chi connectivity index (χ3n) is 3.44. The highest BCUT2D eigenvalue weighted by Crippen LogP contribution is 2.36. The smallest absolute Gasteiger partial charge is 0.251 e. The van der Waals surface area contributed by atoms with Crippen LogP contribution in [-0.4, -0.2) is 33.3 Å². The average molecular weight is 307 g/mol. The molecule has 2 aromatic rings. The molecule has 0 fully saturated rings. The minimum Gasteiger partial charge on any atom is -0.487 e. The van der Waals surface area contributed by atoms with Gasteiger partial charge in [-0.15, -0.1) is 0 Å². The molecule has 1 aromatic heterocycles. The van der Waals surface area contributed by atoms with E-state index in [4.69, 9.17) is 16.3 Å². The molecule has 0 aliphatic carbocycles. The molecule has 0 N–H and O–H groups in total. The summed E-state index contributed by atoms with van der Waals surface area (Å²) >= 11 is 6.04. The van der Waals surface area contributed by atoms with Gasteiger partial charge in [0.2, 0.25) is 0 Å². The fourth-order valence-electron chi connectivity index (χ4n) is 2.38. The Morgan fingerprint density at radius 3 is 3.05 bits per heavy atom. The van der Waals surface area contributed by atoms with E-state index in [1.54, 1.807) is 30.0 Å². The number of rotatable bonds is 2. The summed E-state index contributed by atoms with van der Waals surface area (Å²) in [6.07, 6.45) is 2.87. The molecule has 0 saturated carbocycles. The SMILES string of the molecule is C[C@H](C(=O)N1C[C@H](C)Oc2ccc(Cl)cc21)n1cncn1. The zero-order valence-electron chi connectivity index (χ0n) is 11.7. The van der Waals surface area contributed by atoms with Gasteiger partial charge >= 0.3 is 0 Å². The molecule has 0 radical (unpaired) electrons. The number of nitrogens with zero attached hydrogens (tertiary/aromatic N) is 4. The van der Waals surface area contributed by atoms with Gasteiger partial charge in [0.15, 0.2) is 0 Å². The van der Waals surface area contributed by atoms with Crippen molar-refractivity contribution in [1.29, 1.82) is 0 Å². The molecule has 0 unspecified atom stereocenters. The van der Waals surface area contributed by atoms with E-state index < -0.39 is 6.04 Å². The predicted octanol–water partition coefficient (Wildman–Crippen LogP) is 2.31. The van der Waals surface area contributed by atoms with Crippen LogP contribution in [-0.2, 0) is 4.79 Å². The number of fused-ring (bicyclic) bond motifs is 1. The molecule has 2 atom stereocenters. The molecule has 0 spiro atoms. The minimum absolute atomic E-state index is 0.0702. The van der Waals surface area contributed by atoms with Crippen molar-refractivity contribution in [2.75, 3.05) is 11.4 Å². The Hall–Kier alpha value is -2.08. The monoisotopic (exact) mass is 306 g/mol. The van der Waals surface area contributed by atoms with E-state index >= 15 is 0 Å². The first kappa shape index (κ1) is 13.9. The lowest BCUT2D eigenvalue weighted by Gasteiger charge is -2.34. The highest BCUT2D eigenvalue weighted by Gasteiger charge is 2.31. The summed E-state index contributed by atoms with van der Waals surface area (Å²) in [5.74, 6) is 0.594. The van der Waals surface area contributed by atoms with E-state index in [9.17, 15) is 4.79 Å². The zero-order chi connectivity index (χ0) is 15.0. The minimum atomic E-state index is -0.440. The van der Waals surface area contributed by atoms with Gasteiger partial charge in [-0.1, -0.05) is 11.6 Å². The van der Waals surface area contributed by atoms with Crippen LogP contribution in [0.4, 0.5) is 5.69 Å². The van der Waals surface area contributed by atoms with E-state index in [-0.39, 0.29) is 12.0 Å². The quantitative estimate of drug-likeness (QED) is 0.854. The lowest BCUT2D eigenvalue weighted by Crippen LogP contribution is -2.45. The molecule has 1 aliphatic rings. The first-order valence-electron chi connectivity index (χ1n) is 6.68. The second kappa shape index (κ2) is 5.37. The normalized spacial score (nSPS) is 18.8. The van der Waals surface area contributed by atoms with Crippen molar-refractivity contribution in [2.45, 2.75) is 26.0 Å². The van der Waals surface area contributed by atoms with Crippen LogP contribution in [0.3, 0.4) is 0 Å². The molecule has 0 bridgehead atoms. The Morgan fingerprint density at radius 2 is 2.33 bits per heavy atom. The fourth-order valence-corrected chi connectivity index (χ4v) is 2.54. The molecule has 1 amide bonds. The van der Waals surface area contributed by atoms with Gasteiger partial charge < -0.3 is 9.64 Å². The van der Waals surface area contributed by atoms with Gasteiger partial charge in [-0.05, 0) is 32.0 Å². The summed E-state index contributed by atoms with van der Waals surface area (Å²) in [5, 5.41) is 4.59. The van der Waals surface area contributed by atoms with Crippen LogP contribution in [0.2, 0.25) is 5.02 Å². The lowest BCUT2D eigenvalue weighted by molar-refractivity contribution is -0.122. The molecule has 3 rings (SSSR count). The fraction of sp³-hybridized carbons (Fsp3) is 0.357. The maximum atomic E-state index is 12.8. The maximum absolute atomic E-state index is 12.8. The molecule has 0 saturated heterocycles. The number of carbonyl (C=O) groups is 1. The summed E-state index contributed by atoms with van der Waals surface area (Å²) in [6, 6.07) is 4.84. The van der Waals surface area contributed by atoms with Crippen LogP contribution >= 0.6 is 11.6 Å². The van der Waals surface area contributed by atoms with Crippen LogP contribution in [0.25, 0.3) is 0 Å². The molecule has 1 aromatic carbocycles. The maximum Gasteiger partial charge on any atom is 0.251 e. The van der Waals surface area contributed by atoms with Crippen molar-refractivity contribution >= 4 is 23.2 Å². The molecule has 7 heteroatoms. The standard InChI is InChI=1S/C14H15ClN4O2/c1-9-6-18(12-5-11(15)3-4-13(12)21-9)14(20)10(2)19-8-16-7-17-19/h3-5,7-10H,6H2,1-2H3/t9-,10+/m0/s1. The number of ether oxygens (including phenoxy) is 1. The largest absolute Gasteiger partial charge is 0.487 e. The second-order valence-corrected chi connectivity index (χ2v) is 5.48. The van der Waals surface area contributed by atoms with Crippen LogP contribution in [0.1, 0.15) is 19.9 Å². The van der Waals surface area contributed by atoms with E-state index in [0.29, 0.717) is 23.0 Å². The Labute approximate surface area is 127 Å². The van der Waals surface area contributed by atoms with Crippen molar-refractivity contribution in [1.82, 2.24) is 14.8 Å². The van der Waals surface area contributed by atoms with Crippen LogP contribution < -0.4 is 9.64 Å². The lowest BCUT2D eigenvalue weighted by atomic mass is 10.1. The van der Waals surface area contributed by atoms with Crippen molar-refractivity contribution in [3.8, 4) is 5.75 Å². The molecule has 6 nitrogen and oxygen atoms in total. The van der Waals surface area contributed by atoms with Gasteiger partial charge in [-0.3, -0.25) is 4.79 Å². The molecule has 1 aliphatic heterocycles. The highest BCUT2D eigenvalue weighted by molar-refractivity contribution is 6.31. The number of hydrogen-bond donors (Lipinski definition) is 0. The number of aromatic nitrogens is 3. The number of benzene rings is 1. The second-order valence-electron chi connectivity index (χ2n) is 5.04. The summed E-state index contributed by atoms with van der Waals surface area (Å²) in [5.41, 5.74) is 0.692. The van der Waals surface area contributed by atoms with Crippen molar-refractivity contribution < 1.29 is 9.53 Å². The van der Waals surface area contributed by atoms with E-state index in [1.165, 1.54) is 17.3 Å². The van der Waals surface area contributed by atoms with E-state index in [2.05, 4.69) is 10.1 Å². The van der Waals surface area contributed by atoms with Gasteiger partial charge in [0.25, 0.3) is 5.91 Å². The summed E-state index contributed by atoms with van der Waals surface area (Å²) in [6.45, 7) is 4.20. The first-order chi connectivity index (χ1) is 10.1. The Balaban J connectivity index is 1.95. The van der Waals surface area contributed by atoms with Gasteiger partial charge in [0.1, 0.15) is 30.5 Å². The first-order valence-corrected chi connectivity index (χ1v) is 7.05. The zero-order valence-corrected chi connectivity index (χ0v) is 12.5. The van der Waals surface area contributed by atoms with E-state index in [0.717, 1.165) is 0 Å². The van der Waals surface area contributed by atoms with Gasteiger partial charge in [-0.2, -0.15) is 5.10 Å². The van der Waals surface area contributed by atoms with Gasteiger partial charge in [0.05, 0.1) is 12.2 Å². The Morgan fingerprint density at radius 1 is 1.52 bits per heavy atom. The van der Waals surface area contributed by atoms with Crippen molar-refractivity contribution in [2.24, 2.45) is 0 Å². The summed E-state index contributed by atoms with van der Waals surface area (Å²) in [7, 11) is 0. The van der Waals surface area contributed by atoms with Crippen LogP contribution in [0.15, 0.2) is 30.9 Å². The molecule has 21 heavy (non-hydrogen) atoms. The third kappa shape index (κ3) is 2.58. The number of amides is 1. The van der Waals surface area contributed by atoms with Crippen molar-refractivity contribution in [3.63, 3.8) is 0 Å². The van der Waals surface area contributed by atoms with Crippen LogP contribution in [0, 0.1) is 0 Å². The van der Waals surface area contributed by atoms with Gasteiger partial charge in [-0.25, -0.2) is 9.67 Å². The summed E-state index contributed by atoms with van der Waals surface area (Å²) < 4.78 is 7.28. The van der Waals surface area contributed by atoms with Crippen molar-refractivity contribution in [3.05, 3.63) is 35.9 Å². The molecular weight excluding hydrogens is 292 g/mol. The third-order valence-corrected chi connectivity index (χ3v) is 3.67. The number of halogens is 1. The topological polar surface area (TPSA) is 60.2 Å². The van der Waals surface area contributed by atoms with E-state index in [1.807, 2.05) is 6.92 Å². The Kier molecular flexibility index (Phi) is 3.55. The number of hydrogen-bond acceptors (Lipinski definition) is 4. The molecule has 2 heterocycles. The number of carbonyl (C=O) groups excluding carboxylic acids is 1. The average Bonchev–Trinajstić information content (AvgIpc) is 2.99. The van der Waals surface area contributed by atoms with Crippen LogP contribution in [0.5, 0.6) is 5.75 Å². The summed E-state index contributed by atoms with van der Waals surface area (Å²) in [4.78, 5) is 18.3.